The fourth-order valence-electron chi connectivity index (χ4n) is 2.32. The Morgan fingerprint density at radius 3 is 2.67 bits per heavy atom. The molecule has 0 aliphatic heterocycles. The van der Waals surface area contributed by atoms with Gasteiger partial charge in [0.05, 0.1) is 5.56 Å². The lowest BCUT2D eigenvalue weighted by Gasteiger charge is -2.23. The molecule has 1 heterocycles. The molecule has 0 aromatic carbocycles. The summed E-state index contributed by atoms with van der Waals surface area (Å²) in [5.41, 5.74) is 0.289. The highest BCUT2D eigenvalue weighted by Crippen LogP contribution is 2.23. The molecule has 0 atom stereocenters. The lowest BCUT2D eigenvalue weighted by atomic mass is 10.2. The zero-order valence-electron chi connectivity index (χ0n) is 10.3. The minimum Gasteiger partial charge on any atom is -0.478 e. The lowest BCUT2D eigenvalue weighted by molar-refractivity contribution is 0.0696. The van der Waals surface area contributed by atoms with Crippen molar-refractivity contribution in [2.24, 2.45) is 0 Å². The summed E-state index contributed by atoms with van der Waals surface area (Å²) in [6.07, 6.45) is 5.68. The number of nitrogens with zero attached hydrogens (tertiary/aromatic N) is 2. The van der Waals surface area contributed by atoms with Crippen LogP contribution in [-0.4, -0.2) is 40.0 Å². The van der Waals surface area contributed by atoms with Crippen molar-refractivity contribution in [2.45, 2.75) is 31.7 Å². The first-order valence-electron chi connectivity index (χ1n) is 6.06. The van der Waals surface area contributed by atoms with Crippen LogP contribution in [0.15, 0.2) is 18.3 Å². The number of carbonyl (C=O) groups excluding carboxylic acids is 1. The smallest absolute Gasteiger partial charge is 0.335 e. The number of aromatic carboxylic acids is 1. The van der Waals surface area contributed by atoms with Crippen LogP contribution in [0.2, 0.25) is 0 Å². The summed E-state index contributed by atoms with van der Waals surface area (Å²) in [7, 11) is 1.76. The van der Waals surface area contributed by atoms with E-state index in [4.69, 9.17) is 5.11 Å². The van der Waals surface area contributed by atoms with Crippen molar-refractivity contribution in [3.05, 3.63) is 29.6 Å². The van der Waals surface area contributed by atoms with Crippen LogP contribution in [0.5, 0.6) is 0 Å². The molecule has 0 unspecified atom stereocenters. The summed E-state index contributed by atoms with van der Waals surface area (Å²) in [5.74, 6) is -1.25. The molecule has 5 nitrogen and oxygen atoms in total. The van der Waals surface area contributed by atoms with E-state index in [9.17, 15) is 9.59 Å². The van der Waals surface area contributed by atoms with Gasteiger partial charge in [-0.3, -0.25) is 9.78 Å². The van der Waals surface area contributed by atoms with Crippen molar-refractivity contribution in [1.29, 1.82) is 0 Å². The van der Waals surface area contributed by atoms with E-state index in [-0.39, 0.29) is 23.2 Å². The number of pyridine rings is 1. The summed E-state index contributed by atoms with van der Waals surface area (Å²) in [4.78, 5) is 28.7. The van der Waals surface area contributed by atoms with E-state index < -0.39 is 5.97 Å². The quantitative estimate of drug-likeness (QED) is 0.885. The largest absolute Gasteiger partial charge is 0.478 e. The standard InChI is InChI=1S/C13H16N2O3/c1-15(10-4-2-3-5-10)12(16)11-8-9(13(17)18)6-7-14-11/h6-8,10H,2-5H2,1H3,(H,17,18). The van der Waals surface area contributed by atoms with Gasteiger partial charge in [-0.15, -0.1) is 0 Å². The molecule has 0 spiro atoms. The van der Waals surface area contributed by atoms with Crippen LogP contribution in [0, 0.1) is 0 Å². The predicted octanol–water partition coefficient (Wildman–Crippen LogP) is 1.79. The monoisotopic (exact) mass is 248 g/mol. The van der Waals surface area contributed by atoms with Crippen LogP contribution in [0.1, 0.15) is 46.5 Å². The highest BCUT2D eigenvalue weighted by atomic mass is 16.4. The van der Waals surface area contributed by atoms with Gasteiger partial charge in [-0.05, 0) is 25.0 Å². The van der Waals surface area contributed by atoms with Gasteiger partial charge in [0.2, 0.25) is 0 Å². The van der Waals surface area contributed by atoms with Crippen molar-refractivity contribution < 1.29 is 14.7 Å². The Morgan fingerprint density at radius 2 is 2.06 bits per heavy atom. The number of rotatable bonds is 3. The molecule has 1 saturated carbocycles. The van der Waals surface area contributed by atoms with Gasteiger partial charge < -0.3 is 10.0 Å². The van der Waals surface area contributed by atoms with Gasteiger partial charge in [0, 0.05) is 19.3 Å². The Hall–Kier alpha value is -1.91. The highest BCUT2D eigenvalue weighted by molar-refractivity contribution is 5.95. The second-order valence-corrected chi connectivity index (χ2v) is 4.59. The summed E-state index contributed by atoms with van der Waals surface area (Å²) in [6.45, 7) is 0. The fraction of sp³-hybridized carbons (Fsp3) is 0.462. The maximum absolute atomic E-state index is 12.2. The normalized spacial score (nSPS) is 15.6. The van der Waals surface area contributed by atoms with E-state index in [0.717, 1.165) is 25.7 Å². The Morgan fingerprint density at radius 1 is 1.39 bits per heavy atom. The van der Waals surface area contributed by atoms with Gasteiger partial charge in [0.1, 0.15) is 5.69 Å². The number of carbonyl (C=O) groups is 2. The molecule has 0 bridgehead atoms. The van der Waals surface area contributed by atoms with Crippen molar-refractivity contribution >= 4 is 11.9 Å². The first-order chi connectivity index (χ1) is 8.59. The maximum Gasteiger partial charge on any atom is 0.335 e. The molecule has 1 aliphatic rings. The molecule has 18 heavy (non-hydrogen) atoms. The van der Waals surface area contributed by atoms with E-state index in [1.54, 1.807) is 11.9 Å². The highest BCUT2D eigenvalue weighted by Gasteiger charge is 2.25. The lowest BCUT2D eigenvalue weighted by Crippen LogP contribution is -2.35. The number of amides is 1. The second-order valence-electron chi connectivity index (χ2n) is 4.59. The summed E-state index contributed by atoms with van der Waals surface area (Å²) < 4.78 is 0. The maximum atomic E-state index is 12.2. The van der Waals surface area contributed by atoms with Crippen LogP contribution in [0.3, 0.4) is 0 Å². The molecule has 2 rings (SSSR count). The van der Waals surface area contributed by atoms with Gasteiger partial charge in [-0.1, -0.05) is 12.8 Å². The van der Waals surface area contributed by atoms with Crippen LogP contribution >= 0.6 is 0 Å². The van der Waals surface area contributed by atoms with Crippen LogP contribution in [0.25, 0.3) is 0 Å². The molecule has 96 valence electrons. The molecule has 0 saturated heterocycles. The minimum atomic E-state index is -1.05. The summed E-state index contributed by atoms with van der Waals surface area (Å²) in [5, 5.41) is 8.89. The third-order valence-corrected chi connectivity index (χ3v) is 3.42. The second kappa shape index (κ2) is 5.16. The van der Waals surface area contributed by atoms with Crippen molar-refractivity contribution in [3.8, 4) is 0 Å². The molecule has 0 radical (unpaired) electrons. The topological polar surface area (TPSA) is 70.5 Å². The summed E-state index contributed by atoms with van der Waals surface area (Å²) >= 11 is 0. The molecule has 1 fully saturated rings. The summed E-state index contributed by atoms with van der Waals surface area (Å²) in [6, 6.07) is 2.97. The molecular weight excluding hydrogens is 232 g/mol. The average Bonchev–Trinajstić information content (AvgIpc) is 2.91. The molecule has 1 aromatic rings. The SMILES string of the molecule is CN(C(=O)c1cc(C(=O)O)ccn1)C1CCCC1. The third kappa shape index (κ3) is 2.50. The molecule has 5 heteroatoms. The average molecular weight is 248 g/mol. The first-order valence-corrected chi connectivity index (χ1v) is 6.06. The van der Waals surface area contributed by atoms with E-state index >= 15 is 0 Å². The van der Waals surface area contributed by atoms with E-state index in [1.807, 2.05) is 0 Å². The molecular formula is C13H16N2O3. The fourth-order valence-corrected chi connectivity index (χ4v) is 2.32. The van der Waals surface area contributed by atoms with Crippen LogP contribution < -0.4 is 0 Å². The van der Waals surface area contributed by atoms with Gasteiger partial charge in [-0.2, -0.15) is 0 Å². The van der Waals surface area contributed by atoms with E-state index in [0.29, 0.717) is 0 Å². The van der Waals surface area contributed by atoms with Crippen molar-refractivity contribution in [1.82, 2.24) is 9.88 Å². The van der Waals surface area contributed by atoms with Gasteiger partial charge >= 0.3 is 5.97 Å². The van der Waals surface area contributed by atoms with E-state index in [1.165, 1.54) is 18.3 Å². The molecule has 1 aromatic heterocycles. The van der Waals surface area contributed by atoms with Gasteiger partial charge in [0.25, 0.3) is 5.91 Å². The van der Waals surface area contributed by atoms with E-state index in [2.05, 4.69) is 4.98 Å². The molecule has 1 N–H and O–H groups in total. The number of aromatic nitrogens is 1. The number of carboxylic acid groups (broad SMARTS) is 1. The van der Waals surface area contributed by atoms with Crippen LogP contribution in [0.4, 0.5) is 0 Å². The van der Waals surface area contributed by atoms with Crippen LogP contribution in [-0.2, 0) is 0 Å². The Balaban J connectivity index is 2.17. The Bertz CT molecular complexity index is 467. The Labute approximate surface area is 105 Å². The zero-order valence-corrected chi connectivity index (χ0v) is 10.3. The number of hydrogen-bond donors (Lipinski definition) is 1. The minimum absolute atomic E-state index is 0.0909. The molecule has 1 aliphatic carbocycles. The van der Waals surface area contributed by atoms with Gasteiger partial charge in [0.15, 0.2) is 0 Å². The first kappa shape index (κ1) is 12.5. The molecule has 1 amide bonds. The number of carboxylic acids is 1. The zero-order chi connectivity index (χ0) is 13.1. The Kier molecular flexibility index (Phi) is 3.60. The number of hydrogen-bond acceptors (Lipinski definition) is 3. The predicted molar refractivity (Wildman–Crippen MR) is 65.5 cm³/mol. The van der Waals surface area contributed by atoms with Crippen molar-refractivity contribution in [2.75, 3.05) is 7.05 Å². The van der Waals surface area contributed by atoms with Crippen molar-refractivity contribution in [3.63, 3.8) is 0 Å². The third-order valence-electron chi connectivity index (χ3n) is 3.42. The van der Waals surface area contributed by atoms with Gasteiger partial charge in [-0.25, -0.2) is 4.79 Å².